The second kappa shape index (κ2) is 6.57. The fraction of sp³-hybridized carbons (Fsp3) is 0.533. The average Bonchev–Trinajstić information content (AvgIpc) is 2.41. The van der Waals surface area contributed by atoms with E-state index in [0.717, 1.165) is 31.7 Å². The van der Waals surface area contributed by atoms with E-state index in [0.29, 0.717) is 12.6 Å². The molecule has 0 amide bonds. The third-order valence-electron chi connectivity index (χ3n) is 3.75. The van der Waals surface area contributed by atoms with E-state index in [1.165, 1.54) is 0 Å². The SMILES string of the molecule is CC1CC(C(=O)O)CCN1CCOc1ccccc1. The van der Waals surface area contributed by atoms with Crippen molar-refractivity contribution in [3.8, 4) is 5.75 Å². The Hall–Kier alpha value is -1.55. The predicted molar refractivity (Wildman–Crippen MR) is 73.3 cm³/mol. The summed E-state index contributed by atoms with van der Waals surface area (Å²) in [6.07, 6.45) is 1.48. The minimum atomic E-state index is -0.660. The summed E-state index contributed by atoms with van der Waals surface area (Å²) in [5.74, 6) is 0.0453. The lowest BCUT2D eigenvalue weighted by molar-refractivity contribution is -0.144. The van der Waals surface area contributed by atoms with Crippen LogP contribution < -0.4 is 4.74 Å². The molecule has 0 bridgehead atoms. The van der Waals surface area contributed by atoms with Crippen LogP contribution in [-0.2, 0) is 4.79 Å². The van der Waals surface area contributed by atoms with Gasteiger partial charge in [0.15, 0.2) is 0 Å². The largest absolute Gasteiger partial charge is 0.492 e. The van der Waals surface area contributed by atoms with E-state index in [9.17, 15) is 4.79 Å². The summed E-state index contributed by atoms with van der Waals surface area (Å²) in [5, 5.41) is 9.02. The summed E-state index contributed by atoms with van der Waals surface area (Å²) >= 11 is 0. The topological polar surface area (TPSA) is 49.8 Å². The van der Waals surface area contributed by atoms with Crippen LogP contribution in [0.4, 0.5) is 0 Å². The Labute approximate surface area is 114 Å². The van der Waals surface area contributed by atoms with Gasteiger partial charge in [0.2, 0.25) is 0 Å². The van der Waals surface area contributed by atoms with Crippen molar-refractivity contribution in [1.29, 1.82) is 0 Å². The Morgan fingerprint density at radius 3 is 2.79 bits per heavy atom. The second-order valence-corrected chi connectivity index (χ2v) is 5.11. The first-order valence-electron chi connectivity index (χ1n) is 6.81. The van der Waals surface area contributed by atoms with Crippen LogP contribution in [0, 0.1) is 5.92 Å². The molecule has 0 aliphatic carbocycles. The van der Waals surface area contributed by atoms with E-state index in [2.05, 4.69) is 11.8 Å². The van der Waals surface area contributed by atoms with Crippen molar-refractivity contribution >= 4 is 5.97 Å². The molecule has 0 radical (unpaired) electrons. The Morgan fingerprint density at radius 1 is 1.42 bits per heavy atom. The van der Waals surface area contributed by atoms with Crippen molar-refractivity contribution in [3.63, 3.8) is 0 Å². The quantitative estimate of drug-likeness (QED) is 0.885. The number of carboxylic acid groups (broad SMARTS) is 1. The first-order valence-corrected chi connectivity index (χ1v) is 6.81. The molecule has 1 fully saturated rings. The van der Waals surface area contributed by atoms with E-state index in [1.54, 1.807) is 0 Å². The molecule has 1 aromatic rings. The molecule has 19 heavy (non-hydrogen) atoms. The maximum atomic E-state index is 11.0. The maximum absolute atomic E-state index is 11.0. The highest BCUT2D eigenvalue weighted by atomic mass is 16.5. The van der Waals surface area contributed by atoms with Gasteiger partial charge in [-0.05, 0) is 38.4 Å². The number of ether oxygens (including phenoxy) is 1. The number of rotatable bonds is 5. The van der Waals surface area contributed by atoms with Crippen molar-refractivity contribution in [1.82, 2.24) is 4.90 Å². The summed E-state index contributed by atoms with van der Waals surface area (Å²) in [4.78, 5) is 13.3. The molecule has 2 rings (SSSR count). The average molecular weight is 263 g/mol. The lowest BCUT2D eigenvalue weighted by atomic mass is 9.92. The highest BCUT2D eigenvalue weighted by Gasteiger charge is 2.29. The number of carbonyl (C=O) groups is 1. The Bertz CT molecular complexity index is 407. The van der Waals surface area contributed by atoms with Gasteiger partial charge in [-0.25, -0.2) is 0 Å². The Morgan fingerprint density at radius 2 is 2.16 bits per heavy atom. The van der Waals surface area contributed by atoms with Crippen molar-refractivity contribution in [2.45, 2.75) is 25.8 Å². The number of piperidine rings is 1. The number of aliphatic carboxylic acids is 1. The van der Waals surface area contributed by atoms with Gasteiger partial charge in [0, 0.05) is 12.6 Å². The van der Waals surface area contributed by atoms with E-state index >= 15 is 0 Å². The molecule has 1 saturated heterocycles. The van der Waals surface area contributed by atoms with Crippen LogP contribution in [0.5, 0.6) is 5.75 Å². The molecule has 1 heterocycles. The van der Waals surface area contributed by atoms with Crippen molar-refractivity contribution in [2.75, 3.05) is 19.7 Å². The molecule has 1 aliphatic rings. The van der Waals surface area contributed by atoms with Crippen LogP contribution in [0.2, 0.25) is 0 Å². The molecular formula is C15H21NO3. The third kappa shape index (κ3) is 3.96. The van der Waals surface area contributed by atoms with Gasteiger partial charge in [-0.2, -0.15) is 0 Å². The van der Waals surface area contributed by atoms with Crippen LogP contribution in [0.15, 0.2) is 30.3 Å². The number of benzene rings is 1. The molecule has 1 aromatic carbocycles. The lowest BCUT2D eigenvalue weighted by Gasteiger charge is -2.36. The minimum Gasteiger partial charge on any atom is -0.492 e. The Kier molecular flexibility index (Phi) is 4.80. The fourth-order valence-corrected chi connectivity index (χ4v) is 2.57. The van der Waals surface area contributed by atoms with Crippen LogP contribution in [0.3, 0.4) is 0 Å². The molecule has 1 N–H and O–H groups in total. The second-order valence-electron chi connectivity index (χ2n) is 5.11. The van der Waals surface area contributed by atoms with Crippen LogP contribution >= 0.6 is 0 Å². The molecule has 4 nitrogen and oxygen atoms in total. The molecule has 2 unspecified atom stereocenters. The van der Waals surface area contributed by atoms with Gasteiger partial charge in [0.25, 0.3) is 0 Å². The number of nitrogens with zero attached hydrogens (tertiary/aromatic N) is 1. The zero-order valence-corrected chi connectivity index (χ0v) is 11.3. The zero-order valence-electron chi connectivity index (χ0n) is 11.3. The number of carboxylic acids is 1. The Balaban J connectivity index is 1.74. The molecule has 0 aromatic heterocycles. The van der Waals surface area contributed by atoms with Gasteiger partial charge < -0.3 is 9.84 Å². The third-order valence-corrected chi connectivity index (χ3v) is 3.75. The van der Waals surface area contributed by atoms with Crippen LogP contribution in [0.1, 0.15) is 19.8 Å². The predicted octanol–water partition coefficient (Wildman–Crippen LogP) is 2.25. The number of likely N-dealkylation sites (tertiary alicyclic amines) is 1. The zero-order chi connectivity index (χ0) is 13.7. The van der Waals surface area contributed by atoms with E-state index < -0.39 is 5.97 Å². The molecule has 0 spiro atoms. The molecule has 1 aliphatic heterocycles. The van der Waals surface area contributed by atoms with Gasteiger partial charge >= 0.3 is 5.97 Å². The first-order chi connectivity index (χ1) is 9.16. The van der Waals surface area contributed by atoms with Gasteiger partial charge in [-0.3, -0.25) is 9.69 Å². The number of hydrogen-bond donors (Lipinski definition) is 1. The van der Waals surface area contributed by atoms with Crippen molar-refractivity contribution in [3.05, 3.63) is 30.3 Å². The molecule has 0 saturated carbocycles. The smallest absolute Gasteiger partial charge is 0.306 e. The summed E-state index contributed by atoms with van der Waals surface area (Å²) < 4.78 is 5.67. The van der Waals surface area contributed by atoms with E-state index in [-0.39, 0.29) is 5.92 Å². The van der Waals surface area contributed by atoms with E-state index in [1.807, 2.05) is 30.3 Å². The first kappa shape index (κ1) is 13.9. The highest BCUT2D eigenvalue weighted by molar-refractivity contribution is 5.70. The maximum Gasteiger partial charge on any atom is 0.306 e. The van der Waals surface area contributed by atoms with Gasteiger partial charge in [-0.15, -0.1) is 0 Å². The van der Waals surface area contributed by atoms with Gasteiger partial charge in [0.1, 0.15) is 12.4 Å². The molecule has 4 heteroatoms. The summed E-state index contributed by atoms with van der Waals surface area (Å²) in [5.41, 5.74) is 0. The number of para-hydroxylation sites is 1. The van der Waals surface area contributed by atoms with Crippen LogP contribution in [-0.4, -0.2) is 41.7 Å². The standard InChI is InChI=1S/C15H21NO3/c1-12-11-13(15(17)18)7-8-16(12)9-10-19-14-5-3-2-4-6-14/h2-6,12-13H,7-11H2,1H3,(H,17,18). The van der Waals surface area contributed by atoms with E-state index in [4.69, 9.17) is 9.84 Å². The van der Waals surface area contributed by atoms with Crippen molar-refractivity contribution in [2.24, 2.45) is 5.92 Å². The summed E-state index contributed by atoms with van der Waals surface area (Å²) in [7, 11) is 0. The fourth-order valence-electron chi connectivity index (χ4n) is 2.57. The lowest BCUT2D eigenvalue weighted by Crippen LogP contribution is -2.44. The normalized spacial score (nSPS) is 24.1. The summed E-state index contributed by atoms with van der Waals surface area (Å²) in [6, 6.07) is 10.1. The van der Waals surface area contributed by atoms with Crippen molar-refractivity contribution < 1.29 is 14.6 Å². The molecule has 104 valence electrons. The number of hydrogen-bond acceptors (Lipinski definition) is 3. The van der Waals surface area contributed by atoms with Gasteiger partial charge in [-0.1, -0.05) is 18.2 Å². The van der Waals surface area contributed by atoms with Crippen LogP contribution in [0.25, 0.3) is 0 Å². The minimum absolute atomic E-state index is 0.179. The summed E-state index contributed by atoms with van der Waals surface area (Å²) in [6.45, 7) is 4.43. The molecular weight excluding hydrogens is 242 g/mol. The monoisotopic (exact) mass is 263 g/mol. The van der Waals surface area contributed by atoms with Gasteiger partial charge in [0.05, 0.1) is 5.92 Å². The molecule has 2 atom stereocenters. The highest BCUT2D eigenvalue weighted by Crippen LogP contribution is 2.22.